The molecule has 0 saturated heterocycles. The molecule has 0 fully saturated rings. The van der Waals surface area contributed by atoms with E-state index in [4.69, 9.17) is 23.1 Å². The van der Waals surface area contributed by atoms with Crippen LogP contribution in [0.3, 0.4) is 0 Å². The van der Waals surface area contributed by atoms with E-state index in [0.29, 0.717) is 16.8 Å². The molecule has 0 amide bonds. The number of hydrogen-bond acceptors (Lipinski definition) is 4. The third kappa shape index (κ3) is 4.10. The van der Waals surface area contributed by atoms with Crippen molar-refractivity contribution in [3.63, 3.8) is 0 Å². The number of halogens is 7. The van der Waals surface area contributed by atoms with Crippen molar-refractivity contribution >= 4 is 45.8 Å². The topological polar surface area (TPSA) is 92.9 Å². The minimum Gasteiger partial charge on any atom is -0.604 e. The van der Waals surface area contributed by atoms with Crippen LogP contribution in [0, 0.1) is 6.92 Å². The first-order chi connectivity index (χ1) is 12.2. The number of rotatable bonds is 3. The molecule has 1 heterocycles. The molecular formula is C13H9ClF6N4OS2. The molecule has 5 nitrogen and oxygen atoms in total. The summed E-state index contributed by atoms with van der Waals surface area (Å²) < 4.78 is 89.7. The van der Waals surface area contributed by atoms with Crippen LogP contribution in [0.1, 0.15) is 16.8 Å². The molecule has 27 heavy (non-hydrogen) atoms. The van der Waals surface area contributed by atoms with Crippen molar-refractivity contribution < 1.29 is 30.9 Å². The average molecular weight is 451 g/mol. The number of aryl methyl sites for hydroxylation is 1. The number of thiocarbonyl (C=S) groups is 1. The number of nitrogens with zero attached hydrogens (tertiary/aromatic N) is 2. The van der Waals surface area contributed by atoms with Gasteiger partial charge in [-0.05, 0) is 24.6 Å². The summed E-state index contributed by atoms with van der Waals surface area (Å²) in [6.07, 6.45) is -4.70. The molecule has 0 aliphatic carbocycles. The first-order valence-corrected chi connectivity index (χ1v) is 8.64. The average Bonchev–Trinajstić information content (AvgIpc) is 2.81. The van der Waals surface area contributed by atoms with Gasteiger partial charge >= 0.3 is 11.7 Å². The van der Waals surface area contributed by atoms with Gasteiger partial charge in [-0.25, -0.2) is 4.68 Å². The summed E-state index contributed by atoms with van der Waals surface area (Å²) in [7, 11) is 0. The molecule has 2 aromatic rings. The third-order valence-electron chi connectivity index (χ3n) is 3.30. The Hall–Kier alpha value is -1.70. The van der Waals surface area contributed by atoms with Crippen LogP contribution in [0.5, 0.6) is 0 Å². The minimum atomic E-state index is -5.19. The van der Waals surface area contributed by atoms with E-state index in [-0.39, 0.29) is 11.3 Å². The Morgan fingerprint density at radius 1 is 1.26 bits per heavy atom. The van der Waals surface area contributed by atoms with Crippen LogP contribution < -0.4 is 11.5 Å². The molecule has 148 valence electrons. The second-order valence-corrected chi connectivity index (χ2v) is 7.43. The van der Waals surface area contributed by atoms with E-state index in [1.54, 1.807) is 0 Å². The molecule has 0 aliphatic rings. The quantitative estimate of drug-likeness (QED) is 0.422. The summed E-state index contributed by atoms with van der Waals surface area (Å²) in [6, 6.07) is 1.27. The number of hydrogen-bond donors (Lipinski definition) is 2. The van der Waals surface area contributed by atoms with Crippen molar-refractivity contribution in [2.45, 2.75) is 23.5 Å². The zero-order valence-electron chi connectivity index (χ0n) is 13.1. The highest BCUT2D eigenvalue weighted by Gasteiger charge is 2.50. The van der Waals surface area contributed by atoms with Gasteiger partial charge in [-0.3, -0.25) is 0 Å². The lowest BCUT2D eigenvalue weighted by atomic mass is 10.1. The molecule has 14 heteroatoms. The van der Waals surface area contributed by atoms with E-state index in [1.807, 2.05) is 0 Å². The Bertz CT molecular complexity index is 888. The van der Waals surface area contributed by atoms with Crippen LogP contribution in [0.2, 0.25) is 5.02 Å². The Labute approximate surface area is 161 Å². The van der Waals surface area contributed by atoms with Crippen molar-refractivity contribution in [3.05, 3.63) is 34.0 Å². The number of alkyl halides is 6. The van der Waals surface area contributed by atoms with Crippen molar-refractivity contribution in [2.75, 3.05) is 5.73 Å². The smallest absolute Gasteiger partial charge is 0.578 e. The van der Waals surface area contributed by atoms with Crippen LogP contribution >= 0.6 is 23.8 Å². The predicted octanol–water partition coefficient (Wildman–Crippen LogP) is 3.70. The lowest BCUT2D eigenvalue weighted by Crippen LogP contribution is -2.26. The minimum absolute atomic E-state index is 0.0946. The fourth-order valence-electron chi connectivity index (χ4n) is 2.22. The van der Waals surface area contributed by atoms with Crippen LogP contribution in [0.25, 0.3) is 5.69 Å². The molecule has 1 aromatic heterocycles. The molecule has 4 N–H and O–H groups in total. The Morgan fingerprint density at radius 3 is 2.22 bits per heavy atom. The number of nitrogen functional groups attached to an aromatic ring is 1. The van der Waals surface area contributed by atoms with E-state index in [1.165, 1.54) is 6.92 Å². The zero-order valence-corrected chi connectivity index (χ0v) is 15.5. The number of nitrogens with two attached hydrogens (primary N) is 2. The van der Waals surface area contributed by atoms with E-state index in [9.17, 15) is 30.9 Å². The number of aromatic nitrogens is 2. The maximum Gasteiger partial charge on any atom is 0.578 e. The van der Waals surface area contributed by atoms with Crippen LogP contribution in [-0.4, -0.2) is 24.8 Å². The van der Waals surface area contributed by atoms with E-state index in [2.05, 4.69) is 17.3 Å². The Morgan fingerprint density at radius 2 is 1.81 bits per heavy atom. The van der Waals surface area contributed by atoms with Crippen molar-refractivity contribution in [1.29, 1.82) is 0 Å². The van der Waals surface area contributed by atoms with Gasteiger partial charge < -0.3 is 16.0 Å². The van der Waals surface area contributed by atoms with Gasteiger partial charge in [-0.2, -0.15) is 18.3 Å². The first-order valence-electron chi connectivity index (χ1n) is 6.70. The largest absolute Gasteiger partial charge is 0.604 e. The van der Waals surface area contributed by atoms with Gasteiger partial charge in [0.15, 0.2) is 11.5 Å². The third-order valence-corrected chi connectivity index (χ3v) is 4.97. The SMILES string of the molecule is Cc1cc(C(F)(F)F)cc(Cl)c1-n1nc(C(N)=S)c([S+]([O-])C(F)(F)F)c1N. The molecule has 0 saturated carbocycles. The maximum absolute atomic E-state index is 12.9. The molecule has 2 rings (SSSR count). The number of benzene rings is 1. The Balaban J connectivity index is 2.77. The molecule has 1 aromatic carbocycles. The Kier molecular flexibility index (Phi) is 5.63. The molecule has 1 atom stereocenters. The summed E-state index contributed by atoms with van der Waals surface area (Å²) in [5, 5.41) is 3.20. The van der Waals surface area contributed by atoms with Crippen LogP contribution in [0.15, 0.2) is 17.0 Å². The highest BCUT2D eigenvalue weighted by Crippen LogP contribution is 2.39. The van der Waals surface area contributed by atoms with Gasteiger partial charge in [0.25, 0.3) is 0 Å². The summed E-state index contributed by atoms with van der Waals surface area (Å²) in [4.78, 5) is -1.63. The van der Waals surface area contributed by atoms with Crippen molar-refractivity contribution in [1.82, 2.24) is 9.78 Å². The lowest BCUT2D eigenvalue weighted by Gasteiger charge is -2.15. The zero-order chi connectivity index (χ0) is 20.9. The fraction of sp³-hybridized carbons (Fsp3) is 0.231. The van der Waals surface area contributed by atoms with Crippen LogP contribution in [0.4, 0.5) is 32.2 Å². The lowest BCUT2D eigenvalue weighted by molar-refractivity contribution is -0.137. The van der Waals surface area contributed by atoms with Crippen LogP contribution in [-0.2, 0) is 17.4 Å². The van der Waals surface area contributed by atoms with Crippen molar-refractivity contribution in [3.8, 4) is 5.69 Å². The molecule has 0 radical (unpaired) electrons. The molecule has 0 spiro atoms. The molecule has 1 unspecified atom stereocenters. The summed E-state index contributed by atoms with van der Waals surface area (Å²) >= 11 is 6.86. The van der Waals surface area contributed by atoms with Gasteiger partial charge in [0.2, 0.25) is 4.90 Å². The molecule has 0 bridgehead atoms. The van der Waals surface area contributed by atoms with E-state index >= 15 is 0 Å². The maximum atomic E-state index is 12.9. The second kappa shape index (κ2) is 7.04. The fourth-order valence-corrected chi connectivity index (χ4v) is 3.60. The highest BCUT2D eigenvalue weighted by molar-refractivity contribution is 7.92. The monoisotopic (exact) mass is 450 g/mol. The standard InChI is InChI=1S/C13H9ClF6N4OS2/c1-4-2-5(12(15,16)17)3-6(14)8(4)24-10(21)9(7(23-24)11(22)26)27(25)13(18,19)20/h2-3H,21H2,1H3,(H2,22,26). The van der Waals surface area contributed by atoms with Crippen molar-refractivity contribution in [2.24, 2.45) is 5.73 Å². The van der Waals surface area contributed by atoms with Gasteiger partial charge in [0.1, 0.15) is 16.2 Å². The highest BCUT2D eigenvalue weighted by atomic mass is 35.5. The molecular weight excluding hydrogens is 442 g/mol. The summed E-state index contributed by atoms with van der Waals surface area (Å²) in [5.74, 6) is -0.766. The normalized spacial score (nSPS) is 13.7. The number of anilines is 1. The van der Waals surface area contributed by atoms with Gasteiger partial charge in [-0.1, -0.05) is 23.8 Å². The first kappa shape index (κ1) is 21.6. The van der Waals surface area contributed by atoms with E-state index < -0.39 is 54.8 Å². The van der Waals surface area contributed by atoms with E-state index in [0.717, 1.165) is 0 Å². The van der Waals surface area contributed by atoms with Gasteiger partial charge in [0.05, 0.1) is 16.3 Å². The predicted molar refractivity (Wildman–Crippen MR) is 91.1 cm³/mol. The second-order valence-electron chi connectivity index (χ2n) is 5.17. The molecule has 0 aliphatic heterocycles. The summed E-state index contributed by atoms with van der Waals surface area (Å²) in [5.41, 5.74) is 3.71. The summed E-state index contributed by atoms with van der Waals surface area (Å²) in [6.45, 7) is 1.22. The van der Waals surface area contributed by atoms with Gasteiger partial charge in [-0.15, -0.1) is 13.2 Å². The van der Waals surface area contributed by atoms with Gasteiger partial charge in [0, 0.05) is 0 Å².